The molecule has 1 aromatic rings. The molecule has 0 saturated carbocycles. The van der Waals surface area contributed by atoms with Crippen LogP contribution in [0.2, 0.25) is 0 Å². The van der Waals surface area contributed by atoms with Crippen LogP contribution < -0.4 is 5.73 Å². The van der Waals surface area contributed by atoms with Crippen LogP contribution in [0.1, 0.15) is 17.3 Å². The second kappa shape index (κ2) is 3.45. The third-order valence-corrected chi connectivity index (χ3v) is 2.59. The Labute approximate surface area is 92.5 Å². The fourth-order valence-electron chi connectivity index (χ4n) is 1.82. The van der Waals surface area contributed by atoms with Crippen molar-refractivity contribution < 1.29 is 14.3 Å². The summed E-state index contributed by atoms with van der Waals surface area (Å²) in [6, 6.07) is 3.67. The lowest BCUT2D eigenvalue weighted by molar-refractivity contribution is -0.0668. The summed E-state index contributed by atoms with van der Waals surface area (Å²) in [5.41, 5.74) is 5.14. The number of carbonyl (C=O) groups excluding carboxylic acids is 1. The fourth-order valence-corrected chi connectivity index (χ4v) is 1.82. The van der Waals surface area contributed by atoms with Crippen LogP contribution in [-0.2, 0) is 0 Å². The molecule has 0 aliphatic carbocycles. The first-order valence-electron chi connectivity index (χ1n) is 4.96. The van der Waals surface area contributed by atoms with Crippen LogP contribution in [0, 0.1) is 5.82 Å². The minimum Gasteiger partial charge on any atom is -0.398 e. The van der Waals surface area contributed by atoms with E-state index in [0.29, 0.717) is 0 Å². The third kappa shape index (κ3) is 1.86. The van der Waals surface area contributed by atoms with Gasteiger partial charge in [-0.05, 0) is 25.1 Å². The van der Waals surface area contributed by atoms with E-state index < -0.39 is 11.4 Å². The molecular weight excluding hydrogens is 211 g/mol. The van der Waals surface area contributed by atoms with Crippen molar-refractivity contribution in [2.75, 3.05) is 18.8 Å². The van der Waals surface area contributed by atoms with E-state index in [4.69, 9.17) is 5.73 Å². The Hall–Kier alpha value is -1.62. The van der Waals surface area contributed by atoms with E-state index in [1.807, 2.05) is 0 Å². The molecule has 2 rings (SSSR count). The zero-order valence-electron chi connectivity index (χ0n) is 8.90. The van der Waals surface area contributed by atoms with Gasteiger partial charge in [0.25, 0.3) is 5.91 Å². The Morgan fingerprint density at radius 1 is 1.56 bits per heavy atom. The number of rotatable bonds is 1. The van der Waals surface area contributed by atoms with Crippen molar-refractivity contribution in [3.8, 4) is 0 Å². The van der Waals surface area contributed by atoms with E-state index in [1.165, 1.54) is 17.0 Å². The Kier molecular flexibility index (Phi) is 2.35. The zero-order chi connectivity index (χ0) is 11.9. The lowest BCUT2D eigenvalue weighted by atomic mass is 9.95. The van der Waals surface area contributed by atoms with Crippen molar-refractivity contribution in [1.29, 1.82) is 0 Å². The Morgan fingerprint density at radius 3 is 2.69 bits per heavy atom. The molecule has 1 aromatic carbocycles. The van der Waals surface area contributed by atoms with Crippen LogP contribution >= 0.6 is 0 Å². The second-order valence-corrected chi connectivity index (χ2v) is 4.39. The number of nitrogen functional groups attached to an aromatic ring is 1. The van der Waals surface area contributed by atoms with Crippen molar-refractivity contribution in [2.24, 2.45) is 0 Å². The molecule has 0 atom stereocenters. The Bertz CT molecular complexity index is 438. The summed E-state index contributed by atoms with van der Waals surface area (Å²) in [6.07, 6.45) is 0. The molecule has 1 saturated heterocycles. The molecule has 0 spiro atoms. The van der Waals surface area contributed by atoms with Crippen molar-refractivity contribution >= 4 is 11.6 Å². The van der Waals surface area contributed by atoms with Gasteiger partial charge in [0.2, 0.25) is 0 Å². The number of carbonyl (C=O) groups is 1. The number of nitrogens with zero attached hydrogens (tertiary/aromatic N) is 1. The highest BCUT2D eigenvalue weighted by Gasteiger charge is 2.39. The van der Waals surface area contributed by atoms with Crippen LogP contribution in [0.4, 0.5) is 10.1 Å². The average Bonchev–Trinajstić information content (AvgIpc) is 2.13. The summed E-state index contributed by atoms with van der Waals surface area (Å²) >= 11 is 0. The molecule has 16 heavy (non-hydrogen) atoms. The van der Waals surface area contributed by atoms with Crippen molar-refractivity contribution in [3.05, 3.63) is 29.6 Å². The van der Waals surface area contributed by atoms with E-state index in [1.54, 1.807) is 6.92 Å². The van der Waals surface area contributed by atoms with Gasteiger partial charge >= 0.3 is 0 Å². The maximum Gasteiger partial charge on any atom is 0.256 e. The van der Waals surface area contributed by atoms with Gasteiger partial charge in [-0.15, -0.1) is 0 Å². The number of aliphatic hydroxyl groups is 1. The number of anilines is 1. The Morgan fingerprint density at radius 2 is 2.19 bits per heavy atom. The first kappa shape index (κ1) is 10.9. The molecule has 0 aromatic heterocycles. The topological polar surface area (TPSA) is 66.6 Å². The van der Waals surface area contributed by atoms with Gasteiger partial charge in [-0.3, -0.25) is 4.79 Å². The molecule has 0 bridgehead atoms. The monoisotopic (exact) mass is 224 g/mol. The molecule has 1 aliphatic rings. The van der Waals surface area contributed by atoms with E-state index >= 15 is 0 Å². The predicted molar refractivity (Wildman–Crippen MR) is 57.3 cm³/mol. The highest BCUT2D eigenvalue weighted by molar-refractivity contribution is 5.99. The maximum atomic E-state index is 12.8. The second-order valence-electron chi connectivity index (χ2n) is 4.39. The molecule has 5 heteroatoms. The largest absolute Gasteiger partial charge is 0.398 e. The Balaban J connectivity index is 2.16. The number of halogens is 1. The minimum atomic E-state index is -0.815. The lowest BCUT2D eigenvalue weighted by Crippen LogP contribution is -2.61. The molecular formula is C11H13FN2O2. The zero-order valence-corrected chi connectivity index (χ0v) is 8.90. The van der Waals surface area contributed by atoms with Gasteiger partial charge in [0.15, 0.2) is 0 Å². The quantitative estimate of drug-likeness (QED) is 0.687. The molecule has 1 fully saturated rings. The number of likely N-dealkylation sites (tertiary alicyclic amines) is 1. The first-order chi connectivity index (χ1) is 7.39. The normalized spacial score (nSPS) is 18.1. The van der Waals surface area contributed by atoms with Crippen molar-refractivity contribution in [3.63, 3.8) is 0 Å². The summed E-state index contributed by atoms with van der Waals surface area (Å²) in [4.78, 5) is 13.3. The molecule has 1 aliphatic heterocycles. The van der Waals surface area contributed by atoms with Gasteiger partial charge in [0.05, 0.1) is 24.3 Å². The molecule has 86 valence electrons. The highest BCUT2D eigenvalue weighted by atomic mass is 19.1. The number of amides is 1. The van der Waals surface area contributed by atoms with Gasteiger partial charge in [0.1, 0.15) is 5.82 Å². The maximum absolute atomic E-state index is 12.8. The van der Waals surface area contributed by atoms with E-state index in [-0.39, 0.29) is 30.2 Å². The fraction of sp³-hybridized carbons (Fsp3) is 0.364. The smallest absolute Gasteiger partial charge is 0.256 e. The van der Waals surface area contributed by atoms with Crippen LogP contribution in [0.5, 0.6) is 0 Å². The SMILES string of the molecule is CC1(O)CN(C(=O)c2ccc(F)cc2N)C1. The number of hydrogen-bond donors (Lipinski definition) is 2. The molecule has 4 nitrogen and oxygen atoms in total. The summed E-state index contributed by atoms with van der Waals surface area (Å²) in [6.45, 7) is 2.22. The summed E-state index contributed by atoms with van der Waals surface area (Å²) in [5.74, 6) is -0.742. The highest BCUT2D eigenvalue weighted by Crippen LogP contribution is 2.24. The first-order valence-corrected chi connectivity index (χ1v) is 4.96. The lowest BCUT2D eigenvalue weighted by Gasteiger charge is -2.44. The van der Waals surface area contributed by atoms with E-state index in [9.17, 15) is 14.3 Å². The predicted octanol–water partition coefficient (Wildman–Crippen LogP) is 0.615. The van der Waals surface area contributed by atoms with Gasteiger partial charge < -0.3 is 15.7 Å². The van der Waals surface area contributed by atoms with Crippen LogP contribution in [0.15, 0.2) is 18.2 Å². The number of nitrogens with two attached hydrogens (primary N) is 1. The molecule has 1 amide bonds. The van der Waals surface area contributed by atoms with Crippen LogP contribution in [-0.4, -0.2) is 34.6 Å². The molecule has 0 unspecified atom stereocenters. The third-order valence-electron chi connectivity index (χ3n) is 2.59. The standard InChI is InChI=1S/C11H13FN2O2/c1-11(16)5-14(6-11)10(15)8-3-2-7(12)4-9(8)13/h2-4,16H,5-6,13H2,1H3. The number of benzene rings is 1. The molecule has 3 N–H and O–H groups in total. The summed E-state index contributed by atoms with van der Waals surface area (Å²) in [7, 11) is 0. The van der Waals surface area contributed by atoms with Gasteiger partial charge in [-0.2, -0.15) is 0 Å². The molecule has 1 heterocycles. The summed E-state index contributed by atoms with van der Waals surface area (Å²) < 4.78 is 12.8. The van der Waals surface area contributed by atoms with Gasteiger partial charge in [0, 0.05) is 5.69 Å². The number of hydrogen-bond acceptors (Lipinski definition) is 3. The van der Waals surface area contributed by atoms with Gasteiger partial charge in [-0.25, -0.2) is 4.39 Å². The molecule has 0 radical (unpaired) electrons. The summed E-state index contributed by atoms with van der Waals surface area (Å²) in [5, 5.41) is 9.51. The van der Waals surface area contributed by atoms with Crippen molar-refractivity contribution in [1.82, 2.24) is 4.90 Å². The minimum absolute atomic E-state index is 0.122. The van der Waals surface area contributed by atoms with E-state index in [0.717, 1.165) is 6.07 Å². The average molecular weight is 224 g/mol. The van der Waals surface area contributed by atoms with E-state index in [2.05, 4.69) is 0 Å². The number of β-amino-alcohol motifs (C(OH)–C–C–N with tert-alkyl or cyclic N) is 1. The van der Waals surface area contributed by atoms with Gasteiger partial charge in [-0.1, -0.05) is 0 Å². The van der Waals surface area contributed by atoms with Crippen molar-refractivity contribution in [2.45, 2.75) is 12.5 Å². The van der Waals surface area contributed by atoms with Crippen LogP contribution in [0.25, 0.3) is 0 Å². The van der Waals surface area contributed by atoms with Crippen LogP contribution in [0.3, 0.4) is 0 Å².